The summed E-state index contributed by atoms with van der Waals surface area (Å²) in [5, 5.41) is 9.71. The van der Waals surface area contributed by atoms with Crippen molar-refractivity contribution in [2.45, 2.75) is 95.4 Å². The number of phenols is 1. The molecule has 0 bridgehead atoms. The quantitative estimate of drug-likeness (QED) is 0.0658. The molecule has 0 atom stereocenters. The van der Waals surface area contributed by atoms with Gasteiger partial charge in [-0.25, -0.2) is 0 Å². The summed E-state index contributed by atoms with van der Waals surface area (Å²) in [5.74, 6) is 4.11. The van der Waals surface area contributed by atoms with Crippen molar-refractivity contribution in [1.82, 2.24) is 9.97 Å². The Kier molecular flexibility index (Phi) is 18.9. The van der Waals surface area contributed by atoms with Crippen LogP contribution in [0.1, 0.15) is 75.0 Å². The first-order valence-corrected chi connectivity index (χ1v) is 25.7. The Morgan fingerprint density at radius 2 is 1.04 bits per heavy atom. The van der Waals surface area contributed by atoms with Crippen LogP contribution in [0, 0.1) is 6.92 Å². The first-order valence-electron chi connectivity index (χ1n) is 24.2. The lowest BCUT2D eigenvalue weighted by molar-refractivity contribution is 0.200. The van der Waals surface area contributed by atoms with Crippen molar-refractivity contribution in [3.8, 4) is 34.5 Å². The van der Waals surface area contributed by atoms with Gasteiger partial charge in [-0.2, -0.15) is 8.42 Å². The van der Waals surface area contributed by atoms with Crippen LogP contribution in [0.2, 0.25) is 0 Å². The lowest BCUT2D eigenvalue weighted by atomic mass is 10.1. The molecule has 376 valence electrons. The smallest absolute Gasteiger partial charge is 0.294 e. The second kappa shape index (κ2) is 26.1. The zero-order chi connectivity index (χ0) is 50.7. The molecule has 2 aliphatic rings. The van der Waals surface area contributed by atoms with Gasteiger partial charge >= 0.3 is 0 Å². The minimum Gasteiger partial charge on any atom is -0.508 e. The van der Waals surface area contributed by atoms with Crippen molar-refractivity contribution in [1.29, 1.82) is 0 Å². The van der Waals surface area contributed by atoms with Gasteiger partial charge in [0.1, 0.15) is 11.5 Å². The molecule has 0 spiro atoms. The standard InChI is InChI=1S/C27H30N2O3.C24H26N2O3.C7H8O3S/c1-3-17-31-24-13-10-22(11-14-24)29(20-21-7-6-16-28-19-21)23-12-15-26(30-2)27(18-23)32-25-8-4-5-9-25;1-28-23-13-10-20(15-24(23)29-22-6-2-3-7-22)26(17-18-5-4-14-25-16-18)19-8-11-21(27)12-9-19;1-6-2-4-7(5-3-6)11(8,9)10/h3,6-7,10-19,25H,4-5,8-9,20H2,1-2H3;4-5,8-16,22,27H,2-3,6-7,17H2,1H3;2-5H,1H3,(H,8,9,10). The van der Waals surface area contributed by atoms with Gasteiger partial charge in [0.25, 0.3) is 10.1 Å². The van der Waals surface area contributed by atoms with Crippen LogP contribution in [0.15, 0.2) is 175 Å². The molecule has 5 aromatic carbocycles. The fraction of sp³-hybridized carbons (Fsp3) is 0.276. The van der Waals surface area contributed by atoms with Crippen LogP contribution in [0.25, 0.3) is 0 Å². The van der Waals surface area contributed by atoms with Crippen molar-refractivity contribution in [3.05, 3.63) is 187 Å². The molecule has 0 saturated heterocycles. The average molecular weight is 993 g/mol. The van der Waals surface area contributed by atoms with Gasteiger partial charge in [0.15, 0.2) is 23.0 Å². The monoisotopic (exact) mass is 992 g/mol. The number of benzene rings is 5. The summed E-state index contributed by atoms with van der Waals surface area (Å²) < 4.78 is 58.9. The van der Waals surface area contributed by atoms with E-state index in [2.05, 4.69) is 56.2 Å². The van der Waals surface area contributed by atoms with Crippen molar-refractivity contribution < 1.29 is 41.8 Å². The number of phenolic OH excluding ortho intramolecular Hbond substituents is 1. The fourth-order valence-corrected chi connectivity index (χ4v) is 8.91. The maximum atomic E-state index is 10.5. The molecular formula is C58H64N4O9S. The average Bonchev–Trinajstić information content (AvgIpc) is 4.13. The lowest BCUT2D eigenvalue weighted by Gasteiger charge is -2.27. The van der Waals surface area contributed by atoms with Gasteiger partial charge in [-0.1, -0.05) is 35.9 Å². The SMILES string of the molecule is CC=COc1ccc(N(Cc2cccnc2)c2ccc(OC)c(OC3CCCC3)c2)cc1.COc1ccc(N(Cc2cccnc2)c2ccc(O)cc2)cc1OC1CCCC1.Cc1ccc(S(=O)(=O)O)cc1. The van der Waals surface area contributed by atoms with E-state index in [-0.39, 0.29) is 22.9 Å². The summed E-state index contributed by atoms with van der Waals surface area (Å²) in [6.07, 6.45) is 20.6. The van der Waals surface area contributed by atoms with Crippen LogP contribution in [-0.4, -0.2) is 54.5 Å². The highest BCUT2D eigenvalue weighted by Gasteiger charge is 2.22. The predicted molar refractivity (Wildman–Crippen MR) is 283 cm³/mol. The van der Waals surface area contributed by atoms with Gasteiger partial charge in [0.2, 0.25) is 0 Å². The Balaban J connectivity index is 0.000000175. The molecule has 2 N–H and O–H groups in total. The third-order valence-electron chi connectivity index (χ3n) is 12.2. The Morgan fingerprint density at radius 1 is 0.597 bits per heavy atom. The summed E-state index contributed by atoms with van der Waals surface area (Å²) >= 11 is 0. The van der Waals surface area contributed by atoms with E-state index >= 15 is 0 Å². The number of methoxy groups -OCH3 is 2. The Labute approximate surface area is 424 Å². The van der Waals surface area contributed by atoms with Gasteiger partial charge in [-0.15, -0.1) is 0 Å². The maximum Gasteiger partial charge on any atom is 0.294 e. The van der Waals surface area contributed by atoms with Crippen molar-refractivity contribution in [2.75, 3.05) is 24.0 Å². The van der Waals surface area contributed by atoms with Crippen LogP contribution in [0.4, 0.5) is 22.7 Å². The van der Waals surface area contributed by atoms with Crippen molar-refractivity contribution in [2.24, 2.45) is 0 Å². The molecule has 0 unspecified atom stereocenters. The molecule has 2 fully saturated rings. The van der Waals surface area contributed by atoms with Crippen LogP contribution < -0.4 is 33.5 Å². The molecular weight excluding hydrogens is 929 g/mol. The van der Waals surface area contributed by atoms with E-state index in [9.17, 15) is 13.5 Å². The van der Waals surface area contributed by atoms with Crippen LogP contribution in [-0.2, 0) is 23.2 Å². The number of allylic oxidation sites excluding steroid dienone is 1. The lowest BCUT2D eigenvalue weighted by Crippen LogP contribution is -2.17. The van der Waals surface area contributed by atoms with Gasteiger partial charge in [-0.3, -0.25) is 14.5 Å². The van der Waals surface area contributed by atoms with Crippen molar-refractivity contribution >= 4 is 32.9 Å². The van der Waals surface area contributed by atoms with E-state index in [1.165, 1.54) is 37.8 Å². The molecule has 2 aliphatic carbocycles. The van der Waals surface area contributed by atoms with Crippen LogP contribution in [0.3, 0.4) is 0 Å². The fourth-order valence-electron chi connectivity index (χ4n) is 8.43. The number of aromatic nitrogens is 2. The zero-order valence-corrected chi connectivity index (χ0v) is 42.2. The number of hydrogen-bond acceptors (Lipinski definition) is 12. The topological polar surface area (TPSA) is 153 Å². The normalized spacial score (nSPS) is 13.6. The molecule has 72 heavy (non-hydrogen) atoms. The van der Waals surface area contributed by atoms with E-state index in [0.717, 1.165) is 93.9 Å². The summed E-state index contributed by atoms with van der Waals surface area (Å²) in [5.41, 5.74) is 7.23. The Bertz CT molecular complexity index is 2880. The molecule has 0 radical (unpaired) electrons. The van der Waals surface area contributed by atoms with Crippen LogP contribution in [0.5, 0.6) is 34.5 Å². The van der Waals surface area contributed by atoms with E-state index < -0.39 is 10.1 Å². The maximum absolute atomic E-state index is 10.5. The number of ether oxygens (including phenoxy) is 5. The largest absolute Gasteiger partial charge is 0.508 e. The second-order valence-electron chi connectivity index (χ2n) is 17.5. The molecule has 2 aromatic heterocycles. The number of anilines is 4. The highest BCUT2D eigenvalue weighted by Crippen LogP contribution is 2.40. The minimum absolute atomic E-state index is 0.0666. The number of rotatable bonds is 17. The van der Waals surface area contributed by atoms with Gasteiger partial charge in [-0.05, 0) is 173 Å². The number of pyridine rings is 2. The van der Waals surface area contributed by atoms with E-state index in [0.29, 0.717) is 13.1 Å². The summed E-state index contributed by atoms with van der Waals surface area (Å²) in [6, 6.07) is 41.5. The minimum atomic E-state index is -4.02. The summed E-state index contributed by atoms with van der Waals surface area (Å²) in [4.78, 5) is 12.9. The Morgan fingerprint density at radius 3 is 1.44 bits per heavy atom. The number of aryl methyl sites for hydroxylation is 1. The van der Waals surface area contributed by atoms with E-state index in [1.54, 1.807) is 57.1 Å². The zero-order valence-electron chi connectivity index (χ0n) is 41.3. The van der Waals surface area contributed by atoms with Gasteiger partial charge < -0.3 is 38.6 Å². The molecule has 14 heteroatoms. The molecule has 9 rings (SSSR count). The Hall–Kier alpha value is -7.55. The van der Waals surface area contributed by atoms with Crippen LogP contribution >= 0.6 is 0 Å². The highest BCUT2D eigenvalue weighted by molar-refractivity contribution is 7.85. The van der Waals surface area contributed by atoms with E-state index in [4.69, 9.17) is 28.2 Å². The highest BCUT2D eigenvalue weighted by atomic mass is 32.2. The van der Waals surface area contributed by atoms with E-state index in [1.807, 2.05) is 93.0 Å². The molecule has 2 saturated carbocycles. The molecule has 0 amide bonds. The van der Waals surface area contributed by atoms with Gasteiger partial charge in [0, 0.05) is 72.8 Å². The molecule has 13 nitrogen and oxygen atoms in total. The number of hydrogen-bond donors (Lipinski definition) is 2. The third-order valence-corrected chi connectivity index (χ3v) is 13.1. The predicted octanol–water partition coefficient (Wildman–Crippen LogP) is 13.4. The van der Waals surface area contributed by atoms with Gasteiger partial charge in [0.05, 0.1) is 37.6 Å². The van der Waals surface area contributed by atoms with Crippen molar-refractivity contribution in [3.63, 3.8) is 0 Å². The molecule has 7 aromatic rings. The molecule has 2 heterocycles. The number of nitrogens with zero attached hydrogens (tertiary/aromatic N) is 4. The number of aromatic hydroxyl groups is 1. The summed E-state index contributed by atoms with van der Waals surface area (Å²) in [6.45, 7) is 5.10. The molecule has 0 aliphatic heterocycles. The summed E-state index contributed by atoms with van der Waals surface area (Å²) in [7, 11) is -0.661. The third kappa shape index (κ3) is 15.2. The first kappa shape index (κ1) is 52.3. The second-order valence-corrected chi connectivity index (χ2v) is 18.9. The first-order chi connectivity index (χ1) is 35.0.